The lowest BCUT2D eigenvalue weighted by Crippen LogP contribution is -2.51. The van der Waals surface area contributed by atoms with Gasteiger partial charge in [0, 0.05) is 24.0 Å². The van der Waals surface area contributed by atoms with Gasteiger partial charge in [0.05, 0.1) is 18.7 Å². The summed E-state index contributed by atoms with van der Waals surface area (Å²) in [5.74, 6) is 0.0497. The molecule has 7 heteroatoms. The number of fused-ring (bicyclic) bond motifs is 1. The Bertz CT molecular complexity index is 1100. The van der Waals surface area contributed by atoms with Gasteiger partial charge in [0.25, 0.3) is 0 Å². The number of para-hydroxylation sites is 1. The van der Waals surface area contributed by atoms with E-state index in [4.69, 9.17) is 4.52 Å². The van der Waals surface area contributed by atoms with E-state index >= 15 is 0 Å². The summed E-state index contributed by atoms with van der Waals surface area (Å²) in [5.41, 5.74) is 3.27. The largest absolute Gasteiger partial charge is 0.356 e. The van der Waals surface area contributed by atoms with Crippen LogP contribution in [-0.4, -0.2) is 44.0 Å². The number of aromatic nitrogens is 4. The first kappa shape index (κ1) is 15.7. The molecule has 3 heterocycles. The first-order valence-corrected chi connectivity index (χ1v) is 8.86. The fourth-order valence-electron chi connectivity index (χ4n) is 3.34. The Morgan fingerprint density at radius 2 is 1.85 bits per heavy atom. The molecule has 2 aromatic carbocycles. The van der Waals surface area contributed by atoms with E-state index in [1.807, 2.05) is 70.4 Å². The molecule has 2 aromatic heterocycles. The SMILES string of the molecule is O=C(Cc1noc2ccccc12)N1CC(n2cc(-c3ccccc3)nn2)C1. The average Bonchev–Trinajstić information content (AvgIpc) is 3.29. The minimum absolute atomic E-state index is 0.0497. The fraction of sp³-hybridized carbons (Fsp3) is 0.200. The van der Waals surface area contributed by atoms with Gasteiger partial charge in [-0.3, -0.25) is 4.79 Å². The van der Waals surface area contributed by atoms with Crippen LogP contribution in [-0.2, 0) is 11.2 Å². The normalized spacial score (nSPS) is 14.4. The molecule has 1 fully saturated rings. The molecule has 4 aromatic rings. The summed E-state index contributed by atoms with van der Waals surface area (Å²) in [5, 5.41) is 13.4. The molecule has 27 heavy (non-hydrogen) atoms. The van der Waals surface area contributed by atoms with Crippen LogP contribution in [0.5, 0.6) is 0 Å². The molecule has 1 aliphatic heterocycles. The summed E-state index contributed by atoms with van der Waals surface area (Å²) in [6, 6.07) is 17.7. The zero-order valence-electron chi connectivity index (χ0n) is 14.5. The van der Waals surface area contributed by atoms with Gasteiger partial charge >= 0.3 is 0 Å². The van der Waals surface area contributed by atoms with Crippen molar-refractivity contribution in [2.45, 2.75) is 12.5 Å². The van der Waals surface area contributed by atoms with Crippen molar-refractivity contribution in [2.24, 2.45) is 0 Å². The highest BCUT2D eigenvalue weighted by Crippen LogP contribution is 2.25. The van der Waals surface area contributed by atoms with Crippen molar-refractivity contribution in [3.63, 3.8) is 0 Å². The molecular formula is C20H17N5O2. The van der Waals surface area contributed by atoms with Gasteiger partial charge in [0.15, 0.2) is 5.58 Å². The Morgan fingerprint density at radius 3 is 2.70 bits per heavy atom. The van der Waals surface area contributed by atoms with E-state index in [9.17, 15) is 4.79 Å². The van der Waals surface area contributed by atoms with Crippen LogP contribution in [0.2, 0.25) is 0 Å². The van der Waals surface area contributed by atoms with Crippen LogP contribution in [0.3, 0.4) is 0 Å². The molecule has 5 rings (SSSR count). The van der Waals surface area contributed by atoms with Crippen molar-refractivity contribution in [2.75, 3.05) is 13.1 Å². The van der Waals surface area contributed by atoms with E-state index in [1.165, 1.54) is 0 Å². The summed E-state index contributed by atoms with van der Waals surface area (Å²) >= 11 is 0. The molecule has 1 aliphatic rings. The first-order chi connectivity index (χ1) is 13.3. The molecule has 0 bridgehead atoms. The van der Waals surface area contributed by atoms with E-state index in [0.717, 1.165) is 16.6 Å². The summed E-state index contributed by atoms with van der Waals surface area (Å²) in [6.45, 7) is 1.26. The quantitative estimate of drug-likeness (QED) is 0.560. The van der Waals surface area contributed by atoms with Crippen LogP contribution in [0, 0.1) is 0 Å². The van der Waals surface area contributed by atoms with E-state index in [2.05, 4.69) is 15.5 Å². The molecule has 134 valence electrons. The van der Waals surface area contributed by atoms with Gasteiger partial charge in [-0.05, 0) is 12.1 Å². The van der Waals surface area contributed by atoms with Crippen molar-refractivity contribution in [3.8, 4) is 11.3 Å². The van der Waals surface area contributed by atoms with Crippen LogP contribution in [0.4, 0.5) is 0 Å². The maximum atomic E-state index is 12.5. The number of hydrogen-bond donors (Lipinski definition) is 0. The number of rotatable bonds is 4. The third-order valence-electron chi connectivity index (χ3n) is 4.94. The summed E-state index contributed by atoms with van der Waals surface area (Å²) in [4.78, 5) is 14.4. The second kappa shape index (κ2) is 6.35. The van der Waals surface area contributed by atoms with E-state index in [1.54, 1.807) is 0 Å². The van der Waals surface area contributed by atoms with Gasteiger partial charge in [-0.15, -0.1) is 5.10 Å². The Hall–Kier alpha value is -3.48. The second-order valence-electron chi connectivity index (χ2n) is 6.70. The van der Waals surface area contributed by atoms with Crippen molar-refractivity contribution in [1.29, 1.82) is 0 Å². The Kier molecular flexibility index (Phi) is 3.71. The molecule has 0 aliphatic carbocycles. The van der Waals surface area contributed by atoms with Crippen molar-refractivity contribution in [3.05, 3.63) is 66.5 Å². The minimum Gasteiger partial charge on any atom is -0.356 e. The molecule has 1 saturated heterocycles. The van der Waals surface area contributed by atoms with Gasteiger partial charge in [-0.25, -0.2) is 4.68 Å². The lowest BCUT2D eigenvalue weighted by molar-refractivity contribution is -0.136. The van der Waals surface area contributed by atoms with Crippen molar-refractivity contribution >= 4 is 16.9 Å². The minimum atomic E-state index is 0.0497. The van der Waals surface area contributed by atoms with Crippen LogP contribution in [0.1, 0.15) is 11.7 Å². The van der Waals surface area contributed by atoms with Crippen LogP contribution in [0.25, 0.3) is 22.2 Å². The standard InChI is InChI=1S/C20H17N5O2/c26-20(10-17-16-8-4-5-9-19(16)27-22-17)24-11-15(12-24)25-13-18(21-23-25)14-6-2-1-3-7-14/h1-9,13,15H,10-12H2. The predicted octanol–water partition coefficient (Wildman–Crippen LogP) is 2.71. The van der Waals surface area contributed by atoms with Crippen LogP contribution < -0.4 is 0 Å². The van der Waals surface area contributed by atoms with Gasteiger partial charge in [-0.1, -0.05) is 52.8 Å². The summed E-state index contributed by atoms with van der Waals surface area (Å²) in [7, 11) is 0. The first-order valence-electron chi connectivity index (χ1n) is 8.86. The molecular weight excluding hydrogens is 342 g/mol. The average molecular weight is 359 g/mol. The molecule has 0 unspecified atom stereocenters. The monoisotopic (exact) mass is 359 g/mol. The number of amides is 1. The Labute approximate surface area is 155 Å². The lowest BCUT2D eigenvalue weighted by Gasteiger charge is -2.38. The summed E-state index contributed by atoms with van der Waals surface area (Å²) in [6.07, 6.45) is 2.18. The fourth-order valence-corrected chi connectivity index (χ4v) is 3.34. The molecule has 0 radical (unpaired) electrons. The number of likely N-dealkylation sites (tertiary alicyclic amines) is 1. The highest BCUT2D eigenvalue weighted by Gasteiger charge is 2.33. The molecule has 0 N–H and O–H groups in total. The number of carbonyl (C=O) groups excluding carboxylic acids is 1. The molecule has 0 saturated carbocycles. The van der Waals surface area contributed by atoms with E-state index in [0.29, 0.717) is 24.4 Å². The van der Waals surface area contributed by atoms with Gasteiger partial charge in [-0.2, -0.15) is 0 Å². The third-order valence-corrected chi connectivity index (χ3v) is 4.94. The molecule has 0 spiro atoms. The third kappa shape index (κ3) is 2.87. The summed E-state index contributed by atoms with van der Waals surface area (Å²) < 4.78 is 7.12. The maximum Gasteiger partial charge on any atom is 0.228 e. The zero-order valence-corrected chi connectivity index (χ0v) is 14.5. The lowest BCUT2D eigenvalue weighted by atomic mass is 10.1. The smallest absolute Gasteiger partial charge is 0.228 e. The molecule has 7 nitrogen and oxygen atoms in total. The van der Waals surface area contributed by atoms with Gasteiger partial charge < -0.3 is 9.42 Å². The highest BCUT2D eigenvalue weighted by molar-refractivity contribution is 5.86. The number of nitrogens with zero attached hydrogens (tertiary/aromatic N) is 5. The van der Waals surface area contributed by atoms with Crippen LogP contribution in [0.15, 0.2) is 65.3 Å². The number of hydrogen-bond acceptors (Lipinski definition) is 5. The topological polar surface area (TPSA) is 77.0 Å². The van der Waals surface area contributed by atoms with Gasteiger partial charge in [0.2, 0.25) is 5.91 Å². The number of benzene rings is 2. The van der Waals surface area contributed by atoms with Crippen LogP contribution >= 0.6 is 0 Å². The van der Waals surface area contributed by atoms with Crippen molar-refractivity contribution in [1.82, 2.24) is 25.1 Å². The maximum absolute atomic E-state index is 12.5. The van der Waals surface area contributed by atoms with E-state index in [-0.39, 0.29) is 18.4 Å². The van der Waals surface area contributed by atoms with Crippen molar-refractivity contribution < 1.29 is 9.32 Å². The zero-order chi connectivity index (χ0) is 18.2. The van der Waals surface area contributed by atoms with E-state index < -0.39 is 0 Å². The predicted molar refractivity (Wildman–Crippen MR) is 98.8 cm³/mol. The van der Waals surface area contributed by atoms with Gasteiger partial charge in [0.1, 0.15) is 11.4 Å². The molecule has 1 amide bonds. The highest BCUT2D eigenvalue weighted by atomic mass is 16.5. The molecule has 0 atom stereocenters. The Balaban J connectivity index is 1.23. The Morgan fingerprint density at radius 1 is 1.07 bits per heavy atom. The number of carbonyl (C=O) groups is 1. The second-order valence-corrected chi connectivity index (χ2v) is 6.70.